The van der Waals surface area contributed by atoms with Crippen LogP contribution in [0.25, 0.3) is 22.2 Å². The van der Waals surface area contributed by atoms with Gasteiger partial charge in [0.15, 0.2) is 11.5 Å². The Bertz CT molecular complexity index is 1570. The predicted octanol–water partition coefficient (Wildman–Crippen LogP) is 5.68. The van der Waals surface area contributed by atoms with Crippen molar-refractivity contribution in [3.63, 3.8) is 0 Å². The molecule has 1 aliphatic rings. The van der Waals surface area contributed by atoms with Crippen molar-refractivity contribution in [3.05, 3.63) is 83.7 Å². The minimum atomic E-state index is -4.47. The third-order valence-electron chi connectivity index (χ3n) is 8.09. The van der Waals surface area contributed by atoms with Crippen LogP contribution in [0.3, 0.4) is 0 Å². The molecule has 3 aromatic carbocycles. The van der Waals surface area contributed by atoms with Crippen LogP contribution in [0.15, 0.2) is 67.0 Å². The van der Waals surface area contributed by atoms with E-state index in [1.807, 2.05) is 12.1 Å². The van der Waals surface area contributed by atoms with Crippen LogP contribution in [0.4, 0.5) is 13.2 Å². The van der Waals surface area contributed by atoms with Gasteiger partial charge in [0.25, 0.3) is 0 Å². The average Bonchev–Trinajstić information content (AvgIpc) is 3.02. The van der Waals surface area contributed by atoms with E-state index in [2.05, 4.69) is 14.9 Å². The zero-order chi connectivity index (χ0) is 31.3. The van der Waals surface area contributed by atoms with Gasteiger partial charge in [-0.25, -0.2) is 9.97 Å². The quantitative estimate of drug-likeness (QED) is 0.234. The van der Waals surface area contributed by atoms with Gasteiger partial charge in [0.1, 0.15) is 6.33 Å². The first kappa shape index (κ1) is 31.2. The fraction of sp³-hybridized carbons (Fsp3) is 0.364. The van der Waals surface area contributed by atoms with Crippen LogP contribution in [0.1, 0.15) is 35.4 Å². The number of amides is 1. The van der Waals surface area contributed by atoms with Crippen molar-refractivity contribution >= 4 is 16.8 Å². The molecule has 0 bridgehead atoms. The Morgan fingerprint density at radius 2 is 1.64 bits per heavy atom. The van der Waals surface area contributed by atoms with E-state index in [0.29, 0.717) is 46.4 Å². The van der Waals surface area contributed by atoms with Crippen molar-refractivity contribution in [3.8, 4) is 22.8 Å². The maximum absolute atomic E-state index is 13.0. The first-order valence-electron chi connectivity index (χ1n) is 14.4. The van der Waals surface area contributed by atoms with Crippen LogP contribution in [0.2, 0.25) is 0 Å². The fourth-order valence-corrected chi connectivity index (χ4v) is 5.59. The Balaban J connectivity index is 1.34. The van der Waals surface area contributed by atoms with Crippen LogP contribution in [-0.2, 0) is 15.7 Å². The number of rotatable bonds is 11. The lowest BCUT2D eigenvalue weighted by Gasteiger charge is -2.31. The highest BCUT2D eigenvalue weighted by atomic mass is 19.4. The van der Waals surface area contributed by atoms with E-state index in [1.54, 1.807) is 38.5 Å². The zero-order valence-corrected chi connectivity index (χ0v) is 24.6. The average molecular weight is 609 g/mol. The van der Waals surface area contributed by atoms with E-state index in [4.69, 9.17) is 19.9 Å². The molecule has 0 spiro atoms. The number of hydrogen-bond donors (Lipinski definition) is 1. The van der Waals surface area contributed by atoms with Gasteiger partial charge in [-0.3, -0.25) is 4.79 Å². The van der Waals surface area contributed by atoms with Crippen LogP contribution < -0.4 is 15.2 Å². The van der Waals surface area contributed by atoms with Crippen molar-refractivity contribution in [2.45, 2.75) is 24.9 Å². The van der Waals surface area contributed by atoms with Gasteiger partial charge in [-0.05, 0) is 61.2 Å². The molecule has 0 radical (unpaired) electrons. The molecule has 1 saturated heterocycles. The monoisotopic (exact) mass is 608 g/mol. The Hall–Kier alpha value is -4.22. The minimum Gasteiger partial charge on any atom is -0.493 e. The number of halogens is 3. The van der Waals surface area contributed by atoms with Gasteiger partial charge in [-0.15, -0.1) is 0 Å². The summed E-state index contributed by atoms with van der Waals surface area (Å²) >= 11 is 0. The number of alkyl halides is 3. The standard InChI is InChI=1S/C33H35F3N4O4/c1-42-16-15-40-13-11-21(12-14-40)19-44-29-18-27-26(17-28(29)43-2)31(39-20-38-27)24-5-3-22(4-6-24)30(32(37)41)23-7-9-25(10-8-23)33(34,35)36/h3-10,17-18,20-21,30H,11-16,19H2,1-2H3,(H2,37,41). The Labute approximate surface area is 254 Å². The molecular formula is C33H35F3N4O4. The number of aromatic nitrogens is 2. The van der Waals surface area contributed by atoms with Crippen molar-refractivity contribution < 1.29 is 32.2 Å². The molecule has 0 aliphatic carbocycles. The molecule has 1 fully saturated rings. The second-order valence-electron chi connectivity index (χ2n) is 10.9. The van der Waals surface area contributed by atoms with E-state index in [0.717, 1.165) is 62.2 Å². The predicted molar refractivity (Wildman–Crippen MR) is 161 cm³/mol. The number of nitrogens with two attached hydrogens (primary N) is 1. The number of piperidine rings is 1. The van der Waals surface area contributed by atoms with Gasteiger partial charge in [0, 0.05) is 30.7 Å². The molecule has 232 valence electrons. The lowest BCUT2D eigenvalue weighted by atomic mass is 9.89. The van der Waals surface area contributed by atoms with Crippen LogP contribution >= 0.6 is 0 Å². The summed E-state index contributed by atoms with van der Waals surface area (Å²) in [6.45, 7) is 4.30. The Morgan fingerprint density at radius 3 is 2.23 bits per heavy atom. The molecule has 2 heterocycles. The third kappa shape index (κ3) is 7.11. The maximum Gasteiger partial charge on any atom is 0.416 e. The summed E-state index contributed by atoms with van der Waals surface area (Å²) in [7, 11) is 3.31. The summed E-state index contributed by atoms with van der Waals surface area (Å²) < 4.78 is 56.2. The van der Waals surface area contributed by atoms with E-state index >= 15 is 0 Å². The highest BCUT2D eigenvalue weighted by molar-refractivity contribution is 5.94. The summed E-state index contributed by atoms with van der Waals surface area (Å²) in [6, 6.07) is 15.2. The first-order valence-corrected chi connectivity index (χ1v) is 14.4. The van der Waals surface area contributed by atoms with Crippen molar-refractivity contribution in [1.29, 1.82) is 0 Å². The third-order valence-corrected chi connectivity index (χ3v) is 8.09. The number of primary amides is 1. The number of hydrogen-bond acceptors (Lipinski definition) is 7. The normalized spacial score (nSPS) is 15.3. The first-order chi connectivity index (χ1) is 21.2. The van der Waals surface area contributed by atoms with Gasteiger partial charge >= 0.3 is 6.18 Å². The molecule has 1 unspecified atom stereocenters. The Morgan fingerprint density at radius 1 is 0.977 bits per heavy atom. The van der Waals surface area contributed by atoms with E-state index < -0.39 is 23.6 Å². The van der Waals surface area contributed by atoms with Crippen molar-refractivity contribution in [2.75, 3.05) is 47.1 Å². The van der Waals surface area contributed by atoms with Crippen LogP contribution in [-0.4, -0.2) is 67.8 Å². The van der Waals surface area contributed by atoms with Crippen molar-refractivity contribution in [1.82, 2.24) is 14.9 Å². The molecular weight excluding hydrogens is 573 g/mol. The highest BCUT2D eigenvalue weighted by Crippen LogP contribution is 2.37. The number of benzene rings is 3. The van der Waals surface area contributed by atoms with Crippen LogP contribution in [0.5, 0.6) is 11.5 Å². The summed E-state index contributed by atoms with van der Waals surface area (Å²) in [5.41, 5.74) is 7.90. The van der Waals surface area contributed by atoms with Gasteiger partial charge in [0.05, 0.1) is 43.0 Å². The number of carbonyl (C=O) groups is 1. The second-order valence-corrected chi connectivity index (χ2v) is 10.9. The largest absolute Gasteiger partial charge is 0.493 e. The number of methoxy groups -OCH3 is 2. The molecule has 11 heteroatoms. The molecule has 1 amide bonds. The molecule has 1 atom stereocenters. The van der Waals surface area contributed by atoms with E-state index in [1.165, 1.54) is 18.5 Å². The summed E-state index contributed by atoms with van der Waals surface area (Å²) in [4.78, 5) is 23.7. The Kier molecular flexibility index (Phi) is 9.65. The molecule has 2 N–H and O–H groups in total. The number of ether oxygens (including phenoxy) is 3. The highest BCUT2D eigenvalue weighted by Gasteiger charge is 2.31. The lowest BCUT2D eigenvalue weighted by Crippen LogP contribution is -2.37. The second kappa shape index (κ2) is 13.6. The van der Waals surface area contributed by atoms with Gasteiger partial charge < -0.3 is 24.8 Å². The minimum absolute atomic E-state index is 0.375. The van der Waals surface area contributed by atoms with Crippen LogP contribution in [0, 0.1) is 5.92 Å². The number of carbonyl (C=O) groups excluding carboxylic acids is 1. The lowest BCUT2D eigenvalue weighted by molar-refractivity contribution is -0.137. The van der Waals surface area contributed by atoms with Gasteiger partial charge in [-0.2, -0.15) is 13.2 Å². The van der Waals surface area contributed by atoms with E-state index in [9.17, 15) is 18.0 Å². The van der Waals surface area contributed by atoms with E-state index in [-0.39, 0.29) is 0 Å². The summed E-state index contributed by atoms with van der Waals surface area (Å²) in [6.07, 6.45) is -0.888. The van der Waals surface area contributed by atoms with Crippen molar-refractivity contribution in [2.24, 2.45) is 11.7 Å². The molecule has 8 nitrogen and oxygen atoms in total. The maximum atomic E-state index is 13.0. The topological polar surface area (TPSA) is 99.8 Å². The summed E-state index contributed by atoms with van der Waals surface area (Å²) in [5, 5.41) is 0.755. The molecule has 44 heavy (non-hydrogen) atoms. The number of fused-ring (bicyclic) bond motifs is 1. The molecule has 5 rings (SSSR count). The smallest absolute Gasteiger partial charge is 0.416 e. The zero-order valence-electron chi connectivity index (χ0n) is 24.6. The molecule has 1 aliphatic heterocycles. The SMILES string of the molecule is COCCN1CCC(COc2cc3ncnc(-c4ccc(C(C(N)=O)c5ccc(C(F)(F)F)cc5)cc4)c3cc2OC)CC1. The number of likely N-dealkylation sites (tertiary alicyclic amines) is 1. The molecule has 4 aromatic rings. The van der Waals surface area contributed by atoms with Gasteiger partial charge in [0.2, 0.25) is 5.91 Å². The van der Waals surface area contributed by atoms with Gasteiger partial charge in [-0.1, -0.05) is 36.4 Å². The molecule has 1 aromatic heterocycles. The summed E-state index contributed by atoms with van der Waals surface area (Å²) in [5.74, 6) is 0.0479. The number of nitrogens with zero attached hydrogens (tertiary/aromatic N) is 3. The molecule has 0 saturated carbocycles. The fourth-order valence-electron chi connectivity index (χ4n) is 5.59.